The number of hydrogen-bond acceptors (Lipinski definition) is 3. The van der Waals surface area contributed by atoms with Crippen LogP contribution in [-0.4, -0.2) is 21.5 Å². The summed E-state index contributed by atoms with van der Waals surface area (Å²) in [6, 6.07) is 4.82. The molecule has 6 heteroatoms. The molecule has 0 radical (unpaired) electrons. The Bertz CT molecular complexity index is 613. The lowest BCUT2D eigenvalue weighted by molar-refractivity contribution is 0.268. The van der Waals surface area contributed by atoms with Crippen molar-refractivity contribution in [3.63, 3.8) is 0 Å². The second-order valence-corrected chi connectivity index (χ2v) is 5.43. The minimum atomic E-state index is -0.279. The molecule has 0 spiro atoms. The molecule has 2 N–H and O–H groups in total. The van der Waals surface area contributed by atoms with Crippen molar-refractivity contribution >= 4 is 21.6 Å². The molecule has 0 aliphatic rings. The third kappa shape index (κ3) is 3.19. The predicted octanol–water partition coefficient (Wildman–Crippen LogP) is 3.01. The van der Waals surface area contributed by atoms with E-state index in [1.807, 2.05) is 13.8 Å². The van der Waals surface area contributed by atoms with Gasteiger partial charge < -0.3 is 10.4 Å². The first kappa shape index (κ1) is 15.0. The molecule has 0 fully saturated rings. The number of nitrogens with one attached hydrogen (secondary N) is 1. The fraction of sp³-hybridized carbons (Fsp3) is 0.357. The summed E-state index contributed by atoms with van der Waals surface area (Å²) in [6.45, 7) is 5.10. The van der Waals surface area contributed by atoms with Crippen molar-refractivity contribution in [1.82, 2.24) is 9.78 Å². The summed E-state index contributed by atoms with van der Waals surface area (Å²) in [6.07, 6.45) is 0. The molecule has 0 amide bonds. The van der Waals surface area contributed by atoms with Gasteiger partial charge in [0.05, 0.1) is 23.3 Å². The first-order chi connectivity index (χ1) is 9.52. The van der Waals surface area contributed by atoms with Crippen LogP contribution in [0.15, 0.2) is 22.7 Å². The van der Waals surface area contributed by atoms with Gasteiger partial charge >= 0.3 is 0 Å². The normalized spacial score (nSPS) is 10.8. The van der Waals surface area contributed by atoms with Gasteiger partial charge in [0.1, 0.15) is 5.82 Å². The zero-order valence-corrected chi connectivity index (χ0v) is 13.0. The van der Waals surface area contributed by atoms with E-state index in [0.29, 0.717) is 17.6 Å². The molecule has 4 nitrogen and oxygen atoms in total. The maximum absolute atomic E-state index is 13.2. The van der Waals surface area contributed by atoms with Crippen molar-refractivity contribution in [1.29, 1.82) is 0 Å². The van der Waals surface area contributed by atoms with Gasteiger partial charge in [0.2, 0.25) is 0 Å². The Morgan fingerprint density at radius 2 is 2.15 bits per heavy atom. The van der Waals surface area contributed by atoms with Gasteiger partial charge in [-0.05, 0) is 48.0 Å². The van der Waals surface area contributed by atoms with E-state index in [2.05, 4.69) is 26.3 Å². The Hall–Kier alpha value is -1.40. The number of aliphatic hydroxyl groups is 1. The number of nitrogens with zero attached hydrogens (tertiary/aromatic N) is 2. The Morgan fingerprint density at radius 1 is 1.40 bits per heavy atom. The van der Waals surface area contributed by atoms with Crippen LogP contribution in [0.3, 0.4) is 0 Å². The predicted molar refractivity (Wildman–Crippen MR) is 80.2 cm³/mol. The first-order valence-electron chi connectivity index (χ1n) is 6.35. The van der Waals surface area contributed by atoms with Crippen molar-refractivity contribution in [3.8, 4) is 0 Å². The van der Waals surface area contributed by atoms with Gasteiger partial charge in [-0.25, -0.2) is 4.39 Å². The molecule has 0 unspecified atom stereocenters. The third-order valence-electron chi connectivity index (χ3n) is 3.23. The summed E-state index contributed by atoms with van der Waals surface area (Å²) in [5.74, 6) is -0.279. The number of aryl methyl sites for hydroxylation is 1. The van der Waals surface area contributed by atoms with E-state index in [1.165, 1.54) is 6.07 Å². The van der Waals surface area contributed by atoms with Crippen LogP contribution < -0.4 is 5.32 Å². The van der Waals surface area contributed by atoms with Crippen LogP contribution in [0.5, 0.6) is 0 Å². The van der Waals surface area contributed by atoms with Crippen LogP contribution in [0.25, 0.3) is 0 Å². The van der Waals surface area contributed by atoms with Gasteiger partial charge in [0.15, 0.2) is 0 Å². The highest BCUT2D eigenvalue weighted by Gasteiger charge is 2.11. The lowest BCUT2D eigenvalue weighted by Crippen LogP contribution is -2.07. The third-order valence-corrected chi connectivity index (χ3v) is 3.84. The van der Waals surface area contributed by atoms with Gasteiger partial charge in [-0.15, -0.1) is 0 Å². The highest BCUT2D eigenvalue weighted by atomic mass is 79.9. The van der Waals surface area contributed by atoms with E-state index in [0.717, 1.165) is 22.6 Å². The summed E-state index contributed by atoms with van der Waals surface area (Å²) in [7, 11) is 0. The fourth-order valence-electron chi connectivity index (χ4n) is 2.10. The lowest BCUT2D eigenvalue weighted by atomic mass is 10.2. The maximum atomic E-state index is 13.2. The van der Waals surface area contributed by atoms with Gasteiger partial charge in [0.25, 0.3) is 0 Å². The van der Waals surface area contributed by atoms with Crippen LogP contribution >= 0.6 is 15.9 Å². The van der Waals surface area contributed by atoms with Crippen molar-refractivity contribution in [2.75, 3.05) is 11.9 Å². The average molecular weight is 342 g/mol. The minimum absolute atomic E-state index is 0.0692. The average Bonchev–Trinajstić information content (AvgIpc) is 2.67. The Balaban J connectivity index is 2.12. The summed E-state index contributed by atoms with van der Waals surface area (Å²) in [5, 5.41) is 16.6. The second kappa shape index (κ2) is 6.37. The quantitative estimate of drug-likeness (QED) is 0.878. The lowest BCUT2D eigenvalue weighted by Gasteiger charge is -2.08. The van der Waals surface area contributed by atoms with Gasteiger partial charge in [-0.3, -0.25) is 4.68 Å². The van der Waals surface area contributed by atoms with Gasteiger partial charge in [-0.1, -0.05) is 0 Å². The van der Waals surface area contributed by atoms with E-state index in [-0.39, 0.29) is 12.4 Å². The molecule has 0 aliphatic heterocycles. The highest BCUT2D eigenvalue weighted by Crippen LogP contribution is 2.21. The van der Waals surface area contributed by atoms with E-state index in [9.17, 15) is 4.39 Å². The summed E-state index contributed by atoms with van der Waals surface area (Å²) in [5.41, 5.74) is 3.90. The second-order valence-electron chi connectivity index (χ2n) is 4.58. The van der Waals surface area contributed by atoms with Crippen LogP contribution in [0.2, 0.25) is 0 Å². The number of rotatable bonds is 5. The van der Waals surface area contributed by atoms with Gasteiger partial charge in [0, 0.05) is 23.5 Å². The highest BCUT2D eigenvalue weighted by molar-refractivity contribution is 9.10. The Morgan fingerprint density at radius 3 is 2.80 bits per heavy atom. The first-order valence-corrected chi connectivity index (χ1v) is 7.15. The molecular formula is C14H17BrFN3O. The smallest absolute Gasteiger partial charge is 0.137 e. The molecule has 1 aromatic heterocycles. The molecule has 0 saturated heterocycles. The molecule has 1 heterocycles. The number of aliphatic hydroxyl groups excluding tert-OH is 1. The van der Waals surface area contributed by atoms with E-state index >= 15 is 0 Å². The molecule has 2 rings (SSSR count). The number of anilines is 1. The molecular weight excluding hydrogens is 325 g/mol. The Kier molecular flexibility index (Phi) is 4.77. The SMILES string of the molecule is Cc1nn(CCO)c(C)c1CNc1ccc(F)c(Br)c1. The van der Waals surface area contributed by atoms with Crippen LogP contribution in [0, 0.1) is 19.7 Å². The maximum Gasteiger partial charge on any atom is 0.137 e. The molecule has 1 aromatic carbocycles. The van der Waals surface area contributed by atoms with Crippen molar-refractivity contribution in [2.45, 2.75) is 26.9 Å². The van der Waals surface area contributed by atoms with Crippen molar-refractivity contribution in [2.24, 2.45) is 0 Å². The monoisotopic (exact) mass is 341 g/mol. The molecule has 0 atom stereocenters. The largest absolute Gasteiger partial charge is 0.394 e. The summed E-state index contributed by atoms with van der Waals surface area (Å²) in [4.78, 5) is 0. The summed E-state index contributed by atoms with van der Waals surface area (Å²) < 4.78 is 15.4. The minimum Gasteiger partial charge on any atom is -0.394 e. The number of halogens is 2. The molecule has 0 aliphatic carbocycles. The zero-order chi connectivity index (χ0) is 14.7. The van der Waals surface area contributed by atoms with E-state index in [4.69, 9.17) is 5.11 Å². The molecule has 0 bridgehead atoms. The van der Waals surface area contributed by atoms with Crippen LogP contribution in [0.1, 0.15) is 17.0 Å². The summed E-state index contributed by atoms with van der Waals surface area (Å²) >= 11 is 3.17. The van der Waals surface area contributed by atoms with Crippen molar-refractivity contribution in [3.05, 3.63) is 45.4 Å². The van der Waals surface area contributed by atoms with Crippen LogP contribution in [-0.2, 0) is 13.1 Å². The molecule has 0 saturated carbocycles. The topological polar surface area (TPSA) is 50.1 Å². The zero-order valence-electron chi connectivity index (χ0n) is 11.5. The molecule has 2 aromatic rings. The molecule has 20 heavy (non-hydrogen) atoms. The van der Waals surface area contributed by atoms with Crippen LogP contribution in [0.4, 0.5) is 10.1 Å². The number of aromatic nitrogens is 2. The van der Waals surface area contributed by atoms with E-state index in [1.54, 1.807) is 16.8 Å². The van der Waals surface area contributed by atoms with Crippen molar-refractivity contribution < 1.29 is 9.50 Å². The standard InChI is InChI=1S/C14H17BrFN3O/c1-9-12(10(2)19(18-9)5-6-20)8-17-11-3-4-14(16)13(15)7-11/h3-4,7,17,20H,5-6,8H2,1-2H3. The molecule has 108 valence electrons. The number of benzene rings is 1. The van der Waals surface area contributed by atoms with E-state index < -0.39 is 0 Å². The number of hydrogen-bond donors (Lipinski definition) is 2. The Labute approximate surface area is 125 Å². The van der Waals surface area contributed by atoms with Gasteiger partial charge in [-0.2, -0.15) is 5.10 Å². The fourth-order valence-corrected chi connectivity index (χ4v) is 2.48.